The highest BCUT2D eigenvalue weighted by Crippen LogP contribution is 2.15. The first kappa shape index (κ1) is 18.3. The van der Waals surface area contributed by atoms with Crippen LogP contribution in [0.5, 0.6) is 0 Å². The van der Waals surface area contributed by atoms with Gasteiger partial charge in [-0.15, -0.1) is 0 Å². The predicted octanol–water partition coefficient (Wildman–Crippen LogP) is 1.36. The molecule has 1 rings (SSSR count). The van der Waals surface area contributed by atoms with Gasteiger partial charge in [-0.05, 0) is 40.0 Å². The molecule has 0 saturated carbocycles. The fourth-order valence-corrected chi connectivity index (χ4v) is 2.03. The lowest BCUT2D eigenvalue weighted by Crippen LogP contribution is -2.62. The van der Waals surface area contributed by atoms with Gasteiger partial charge in [-0.1, -0.05) is 13.8 Å². The van der Waals surface area contributed by atoms with Crippen LogP contribution in [0.1, 0.15) is 48.0 Å². The molecule has 1 heterocycles. The predicted molar refractivity (Wildman–Crippen MR) is 80.1 cm³/mol. The Kier molecular flexibility index (Phi) is 5.79. The van der Waals surface area contributed by atoms with Crippen molar-refractivity contribution in [3.05, 3.63) is 0 Å². The molecule has 1 aliphatic heterocycles. The molecule has 1 saturated heterocycles. The van der Waals surface area contributed by atoms with Crippen molar-refractivity contribution in [3.63, 3.8) is 0 Å². The Labute approximate surface area is 131 Å². The van der Waals surface area contributed by atoms with Crippen LogP contribution in [0, 0.1) is 5.92 Å². The fraction of sp³-hybridized carbons (Fsp3) is 0.800. The first-order valence-electron chi connectivity index (χ1n) is 7.50. The zero-order valence-corrected chi connectivity index (χ0v) is 14.1. The molecule has 1 fully saturated rings. The Hall–Kier alpha value is -1.79. The van der Waals surface area contributed by atoms with E-state index in [0.29, 0.717) is 6.42 Å². The van der Waals surface area contributed by atoms with Crippen LogP contribution in [0.3, 0.4) is 0 Å². The summed E-state index contributed by atoms with van der Waals surface area (Å²) >= 11 is 0. The van der Waals surface area contributed by atoms with Gasteiger partial charge in [-0.2, -0.15) is 0 Å². The van der Waals surface area contributed by atoms with Crippen LogP contribution in [-0.4, -0.2) is 41.8 Å². The van der Waals surface area contributed by atoms with Crippen molar-refractivity contribution < 1.29 is 23.9 Å². The van der Waals surface area contributed by atoms with Gasteiger partial charge < -0.3 is 20.1 Å². The minimum atomic E-state index is -0.754. The van der Waals surface area contributed by atoms with Crippen molar-refractivity contribution >= 4 is 18.0 Å². The zero-order valence-electron chi connectivity index (χ0n) is 14.1. The van der Waals surface area contributed by atoms with Gasteiger partial charge >= 0.3 is 12.1 Å². The van der Waals surface area contributed by atoms with E-state index in [1.54, 1.807) is 27.7 Å². The maximum absolute atomic E-state index is 12.3. The molecular weight excluding hydrogens is 288 g/mol. The number of hydrogen-bond donors (Lipinski definition) is 2. The van der Waals surface area contributed by atoms with Gasteiger partial charge in [0, 0.05) is 0 Å². The number of hydrogen-bond acceptors (Lipinski definition) is 5. The molecule has 7 nitrogen and oxygen atoms in total. The summed E-state index contributed by atoms with van der Waals surface area (Å²) in [5.74, 6) is -0.675. The number of cyclic esters (lactones) is 1. The third-order valence-electron chi connectivity index (χ3n) is 3.04. The summed E-state index contributed by atoms with van der Waals surface area (Å²) in [7, 11) is 0. The Morgan fingerprint density at radius 1 is 1.32 bits per heavy atom. The Balaban J connectivity index is 2.64. The van der Waals surface area contributed by atoms with Gasteiger partial charge in [0.05, 0.1) is 0 Å². The molecule has 22 heavy (non-hydrogen) atoms. The average molecular weight is 314 g/mol. The molecule has 7 heteroatoms. The molecule has 0 aromatic carbocycles. The monoisotopic (exact) mass is 314 g/mol. The summed E-state index contributed by atoms with van der Waals surface area (Å²) in [5.41, 5.74) is -0.644. The van der Waals surface area contributed by atoms with Gasteiger partial charge in [0.1, 0.15) is 17.7 Å². The Bertz CT molecular complexity index is 442. The van der Waals surface area contributed by atoms with Gasteiger partial charge in [-0.25, -0.2) is 9.59 Å². The van der Waals surface area contributed by atoms with Crippen LogP contribution >= 0.6 is 0 Å². The van der Waals surface area contributed by atoms with Crippen molar-refractivity contribution in [3.8, 4) is 0 Å². The van der Waals surface area contributed by atoms with Crippen molar-refractivity contribution in [2.24, 2.45) is 5.92 Å². The van der Waals surface area contributed by atoms with E-state index in [1.807, 2.05) is 13.8 Å². The molecule has 0 radical (unpaired) electrons. The lowest BCUT2D eigenvalue weighted by Gasteiger charge is -2.34. The smallest absolute Gasteiger partial charge is 0.408 e. The van der Waals surface area contributed by atoms with Crippen molar-refractivity contribution in [1.29, 1.82) is 0 Å². The average Bonchev–Trinajstić information content (AvgIpc) is 2.32. The van der Waals surface area contributed by atoms with Crippen molar-refractivity contribution in [2.45, 2.75) is 71.8 Å². The number of alkyl carbamates (subject to hydrolysis) is 1. The van der Waals surface area contributed by atoms with E-state index in [1.165, 1.54) is 0 Å². The summed E-state index contributed by atoms with van der Waals surface area (Å²) < 4.78 is 9.96. The van der Waals surface area contributed by atoms with Crippen LogP contribution in [0.25, 0.3) is 0 Å². The SMILES string of the molecule is CC(C)C[C@H](NC(=O)OC(C)(C)C)C(=O)N[C@@H]1C(=O)O[C@@H]1C. The molecule has 1 aliphatic rings. The summed E-state index contributed by atoms with van der Waals surface area (Å²) in [6.07, 6.45) is -0.559. The number of amides is 2. The largest absolute Gasteiger partial charge is 0.458 e. The molecule has 0 aliphatic carbocycles. The van der Waals surface area contributed by atoms with Crippen molar-refractivity contribution in [1.82, 2.24) is 10.6 Å². The summed E-state index contributed by atoms with van der Waals surface area (Å²) in [5, 5.41) is 5.17. The van der Waals surface area contributed by atoms with Crippen LogP contribution in [0.15, 0.2) is 0 Å². The molecule has 0 aromatic heterocycles. The van der Waals surface area contributed by atoms with E-state index < -0.39 is 35.7 Å². The molecular formula is C15H26N2O5. The van der Waals surface area contributed by atoms with E-state index in [2.05, 4.69) is 10.6 Å². The molecule has 0 aromatic rings. The molecule has 0 spiro atoms. The molecule has 0 unspecified atom stereocenters. The quantitative estimate of drug-likeness (QED) is 0.747. The van der Waals surface area contributed by atoms with E-state index in [9.17, 15) is 14.4 Å². The highest BCUT2D eigenvalue weighted by Gasteiger charge is 2.41. The van der Waals surface area contributed by atoms with E-state index in [-0.39, 0.29) is 12.0 Å². The van der Waals surface area contributed by atoms with Crippen LogP contribution in [-0.2, 0) is 19.1 Å². The first-order chi connectivity index (χ1) is 9.99. The zero-order chi connectivity index (χ0) is 17.1. The maximum atomic E-state index is 12.3. The fourth-order valence-electron chi connectivity index (χ4n) is 2.03. The summed E-state index contributed by atoms with van der Waals surface area (Å²) in [4.78, 5) is 35.4. The third kappa shape index (κ3) is 5.54. The van der Waals surface area contributed by atoms with Gasteiger partial charge in [0.15, 0.2) is 6.04 Å². The van der Waals surface area contributed by atoms with Gasteiger partial charge in [-0.3, -0.25) is 4.79 Å². The second-order valence-corrected chi connectivity index (χ2v) is 6.96. The lowest BCUT2D eigenvalue weighted by atomic mass is 10.0. The Morgan fingerprint density at radius 3 is 2.32 bits per heavy atom. The van der Waals surface area contributed by atoms with Gasteiger partial charge in [0.25, 0.3) is 0 Å². The lowest BCUT2D eigenvalue weighted by molar-refractivity contribution is -0.176. The van der Waals surface area contributed by atoms with E-state index >= 15 is 0 Å². The maximum Gasteiger partial charge on any atom is 0.408 e. The standard InChI is InChI=1S/C15H26N2O5/c1-8(2)7-10(16-14(20)22-15(4,5)6)12(18)17-11-9(3)21-13(11)19/h8-11H,7H2,1-6H3,(H,16,20)(H,17,18)/t9-,10+,11+/m1/s1. The van der Waals surface area contributed by atoms with E-state index in [0.717, 1.165) is 0 Å². The number of esters is 1. The summed E-state index contributed by atoms with van der Waals surface area (Å²) in [6.45, 7) is 10.8. The first-order valence-corrected chi connectivity index (χ1v) is 7.50. The second kappa shape index (κ2) is 6.98. The molecule has 0 bridgehead atoms. The molecule has 2 amide bonds. The summed E-state index contributed by atoms with van der Waals surface area (Å²) in [6, 6.07) is -1.40. The van der Waals surface area contributed by atoms with E-state index in [4.69, 9.17) is 9.47 Å². The number of carbonyl (C=O) groups excluding carboxylic acids is 3. The molecule has 3 atom stereocenters. The van der Waals surface area contributed by atoms with Crippen LogP contribution < -0.4 is 10.6 Å². The molecule has 2 N–H and O–H groups in total. The number of rotatable bonds is 5. The van der Waals surface area contributed by atoms with Crippen LogP contribution in [0.4, 0.5) is 4.79 Å². The minimum Gasteiger partial charge on any atom is -0.458 e. The normalized spacial score (nSPS) is 22.4. The highest BCUT2D eigenvalue weighted by atomic mass is 16.6. The number of nitrogens with one attached hydrogen (secondary N) is 2. The third-order valence-corrected chi connectivity index (χ3v) is 3.04. The van der Waals surface area contributed by atoms with Crippen LogP contribution in [0.2, 0.25) is 0 Å². The Morgan fingerprint density at radius 2 is 1.91 bits per heavy atom. The molecule has 126 valence electrons. The topological polar surface area (TPSA) is 93.7 Å². The van der Waals surface area contributed by atoms with Crippen molar-refractivity contribution in [2.75, 3.05) is 0 Å². The number of carbonyl (C=O) groups is 3. The minimum absolute atomic E-state index is 0.191. The second-order valence-electron chi connectivity index (χ2n) is 6.96. The number of ether oxygens (including phenoxy) is 2. The highest BCUT2D eigenvalue weighted by molar-refractivity contribution is 5.91. The van der Waals surface area contributed by atoms with Gasteiger partial charge in [0.2, 0.25) is 5.91 Å².